The van der Waals surface area contributed by atoms with Crippen molar-refractivity contribution < 1.29 is 13.2 Å². The van der Waals surface area contributed by atoms with E-state index in [1.165, 1.54) is 11.6 Å². The fourth-order valence-electron chi connectivity index (χ4n) is 4.11. The van der Waals surface area contributed by atoms with Crippen LogP contribution in [0.15, 0.2) is 41.3 Å². The van der Waals surface area contributed by atoms with Gasteiger partial charge in [-0.25, -0.2) is 8.42 Å². The molecular formula is C24H32N2O3S. The topological polar surface area (TPSA) is 66.5 Å². The predicted molar refractivity (Wildman–Crippen MR) is 120 cm³/mol. The van der Waals surface area contributed by atoms with Crippen molar-refractivity contribution in [1.29, 1.82) is 0 Å². The lowest BCUT2D eigenvalue weighted by Gasteiger charge is -2.22. The maximum atomic E-state index is 13.3. The Morgan fingerprint density at radius 3 is 2.23 bits per heavy atom. The first-order valence-electron chi connectivity index (χ1n) is 10.7. The first-order chi connectivity index (χ1) is 14.2. The Balaban J connectivity index is 1.84. The van der Waals surface area contributed by atoms with Crippen LogP contribution in [-0.4, -0.2) is 31.7 Å². The summed E-state index contributed by atoms with van der Waals surface area (Å²) in [5.41, 5.74) is 4.38. The van der Waals surface area contributed by atoms with Crippen LogP contribution >= 0.6 is 0 Å². The monoisotopic (exact) mass is 428 g/mol. The van der Waals surface area contributed by atoms with E-state index >= 15 is 0 Å². The average Bonchev–Trinajstić information content (AvgIpc) is 2.98. The summed E-state index contributed by atoms with van der Waals surface area (Å²) in [6.07, 6.45) is 3.88. The summed E-state index contributed by atoms with van der Waals surface area (Å²) < 4.78 is 28.1. The molecule has 30 heavy (non-hydrogen) atoms. The average molecular weight is 429 g/mol. The van der Waals surface area contributed by atoms with Crippen molar-refractivity contribution in [2.24, 2.45) is 0 Å². The van der Waals surface area contributed by atoms with Crippen molar-refractivity contribution in [3.63, 3.8) is 0 Å². The van der Waals surface area contributed by atoms with E-state index in [4.69, 9.17) is 0 Å². The third-order valence-corrected chi connectivity index (χ3v) is 7.91. The largest absolute Gasteiger partial charge is 0.346 e. The van der Waals surface area contributed by atoms with Crippen LogP contribution in [0.2, 0.25) is 0 Å². The molecule has 1 aliphatic heterocycles. The smallest absolute Gasteiger partial charge is 0.251 e. The third-order valence-electron chi connectivity index (χ3n) is 5.87. The molecule has 0 bridgehead atoms. The van der Waals surface area contributed by atoms with Gasteiger partial charge in [0.1, 0.15) is 0 Å². The fourth-order valence-corrected chi connectivity index (χ4v) is 5.88. The van der Waals surface area contributed by atoms with Crippen molar-refractivity contribution in [1.82, 2.24) is 9.62 Å². The summed E-state index contributed by atoms with van der Waals surface area (Å²) in [5.74, 6) is -0.269. The Bertz CT molecular complexity index is 1020. The van der Waals surface area contributed by atoms with E-state index in [0.29, 0.717) is 24.2 Å². The van der Waals surface area contributed by atoms with Gasteiger partial charge in [-0.2, -0.15) is 4.31 Å². The molecule has 0 aliphatic carbocycles. The highest BCUT2D eigenvalue weighted by molar-refractivity contribution is 7.89. The molecule has 0 aromatic heterocycles. The summed E-state index contributed by atoms with van der Waals surface area (Å²) in [5, 5.41) is 3.01. The van der Waals surface area contributed by atoms with E-state index in [0.717, 1.165) is 36.8 Å². The number of carbonyl (C=O) groups is 1. The molecular weight excluding hydrogens is 396 g/mol. The molecule has 2 aromatic carbocycles. The lowest BCUT2D eigenvalue weighted by atomic mass is 10.00. The Labute approximate surface area is 180 Å². The number of hydrogen-bond acceptors (Lipinski definition) is 3. The van der Waals surface area contributed by atoms with Crippen molar-refractivity contribution >= 4 is 15.9 Å². The molecule has 162 valence electrons. The number of sulfonamides is 1. The first-order valence-corrected chi connectivity index (χ1v) is 12.1. The van der Waals surface area contributed by atoms with Crippen LogP contribution in [-0.2, 0) is 10.0 Å². The van der Waals surface area contributed by atoms with Gasteiger partial charge in [0.25, 0.3) is 5.91 Å². The van der Waals surface area contributed by atoms with Gasteiger partial charge in [0, 0.05) is 18.7 Å². The molecule has 5 nitrogen and oxygen atoms in total. The van der Waals surface area contributed by atoms with Crippen molar-refractivity contribution in [2.45, 2.75) is 64.3 Å². The molecule has 2 aromatic rings. The minimum Gasteiger partial charge on any atom is -0.346 e. The van der Waals surface area contributed by atoms with Gasteiger partial charge in [-0.1, -0.05) is 42.7 Å². The van der Waals surface area contributed by atoms with Crippen molar-refractivity contribution in [3.05, 3.63) is 64.2 Å². The van der Waals surface area contributed by atoms with Gasteiger partial charge in [-0.05, 0) is 69.4 Å². The van der Waals surface area contributed by atoms with E-state index in [-0.39, 0.29) is 16.8 Å². The molecule has 1 N–H and O–H groups in total. The molecule has 1 aliphatic rings. The molecule has 1 saturated heterocycles. The van der Waals surface area contributed by atoms with E-state index in [1.807, 2.05) is 32.9 Å². The molecule has 3 rings (SSSR count). The fraction of sp³-hybridized carbons (Fsp3) is 0.458. The van der Waals surface area contributed by atoms with Crippen LogP contribution in [0, 0.1) is 20.8 Å². The van der Waals surface area contributed by atoms with Crippen LogP contribution in [0.25, 0.3) is 0 Å². The quantitative estimate of drug-likeness (QED) is 0.753. The highest BCUT2D eigenvalue weighted by Gasteiger charge is 2.27. The second kappa shape index (κ2) is 9.31. The number of nitrogens with zero attached hydrogens (tertiary/aromatic N) is 1. The summed E-state index contributed by atoms with van der Waals surface area (Å²) in [6, 6.07) is 10.9. The molecule has 1 atom stereocenters. The Morgan fingerprint density at radius 2 is 1.60 bits per heavy atom. The Kier molecular flexibility index (Phi) is 6.98. The second-order valence-corrected chi connectivity index (χ2v) is 10.3. The lowest BCUT2D eigenvalue weighted by Crippen LogP contribution is -2.33. The van der Waals surface area contributed by atoms with Crippen LogP contribution in [0.1, 0.15) is 71.3 Å². The number of nitrogens with one attached hydrogen (secondary N) is 1. The van der Waals surface area contributed by atoms with E-state index in [2.05, 4.69) is 11.4 Å². The summed E-state index contributed by atoms with van der Waals surface area (Å²) >= 11 is 0. The van der Waals surface area contributed by atoms with E-state index in [9.17, 15) is 13.2 Å². The van der Waals surface area contributed by atoms with Crippen LogP contribution in [0.5, 0.6) is 0 Å². The van der Waals surface area contributed by atoms with Gasteiger partial charge in [0.05, 0.1) is 10.9 Å². The highest BCUT2D eigenvalue weighted by Crippen LogP contribution is 2.25. The lowest BCUT2D eigenvalue weighted by molar-refractivity contribution is 0.0939. The number of amides is 1. The van der Waals surface area contributed by atoms with Gasteiger partial charge < -0.3 is 5.32 Å². The minimum absolute atomic E-state index is 0.176. The minimum atomic E-state index is -3.61. The summed E-state index contributed by atoms with van der Waals surface area (Å²) in [7, 11) is -3.61. The number of hydrogen-bond donors (Lipinski definition) is 1. The highest BCUT2D eigenvalue weighted by atomic mass is 32.2. The standard InChI is InChI=1S/C24H32N2O3S/c1-17-9-12-22(19(3)15-17)20(4)25-24(27)21-11-10-18(2)23(16-21)30(28,29)26-13-7-5-6-8-14-26/h9-12,15-16,20H,5-8,13-14H2,1-4H3,(H,25,27)/t20-/m1/s1. The van der Waals surface area contributed by atoms with Gasteiger partial charge in [-0.15, -0.1) is 0 Å². The zero-order valence-electron chi connectivity index (χ0n) is 18.4. The van der Waals surface area contributed by atoms with E-state index < -0.39 is 10.0 Å². The zero-order chi connectivity index (χ0) is 21.9. The molecule has 0 radical (unpaired) electrons. The van der Waals surface area contributed by atoms with Crippen LogP contribution < -0.4 is 5.32 Å². The first kappa shape index (κ1) is 22.5. The normalized spacial score (nSPS) is 16.7. The van der Waals surface area contributed by atoms with Gasteiger partial charge in [0.2, 0.25) is 10.0 Å². The predicted octanol–water partition coefficient (Wildman–Crippen LogP) is 4.67. The zero-order valence-corrected chi connectivity index (χ0v) is 19.2. The summed E-state index contributed by atoms with van der Waals surface area (Å²) in [4.78, 5) is 13.1. The van der Waals surface area contributed by atoms with Gasteiger partial charge >= 0.3 is 0 Å². The number of aryl methyl sites for hydroxylation is 3. The van der Waals surface area contributed by atoms with Crippen molar-refractivity contribution in [2.75, 3.05) is 13.1 Å². The number of benzene rings is 2. The Hall–Kier alpha value is -2.18. The maximum absolute atomic E-state index is 13.3. The molecule has 0 unspecified atom stereocenters. The van der Waals surface area contributed by atoms with Crippen molar-refractivity contribution in [3.8, 4) is 0 Å². The molecule has 0 saturated carbocycles. The van der Waals surface area contributed by atoms with Gasteiger partial charge in [0.15, 0.2) is 0 Å². The van der Waals surface area contributed by atoms with Crippen LogP contribution in [0.4, 0.5) is 0 Å². The summed E-state index contributed by atoms with van der Waals surface area (Å²) in [6.45, 7) is 8.88. The number of carbonyl (C=O) groups excluding carboxylic acids is 1. The molecule has 6 heteroatoms. The molecule has 1 fully saturated rings. The molecule has 1 amide bonds. The van der Waals surface area contributed by atoms with Gasteiger partial charge in [-0.3, -0.25) is 4.79 Å². The maximum Gasteiger partial charge on any atom is 0.251 e. The molecule has 1 heterocycles. The number of rotatable bonds is 5. The second-order valence-electron chi connectivity index (χ2n) is 8.35. The third kappa shape index (κ3) is 4.93. The Morgan fingerprint density at radius 1 is 0.933 bits per heavy atom. The van der Waals surface area contributed by atoms with E-state index in [1.54, 1.807) is 23.4 Å². The SMILES string of the molecule is Cc1ccc([C@@H](C)NC(=O)c2ccc(C)c(S(=O)(=O)N3CCCCCC3)c2)c(C)c1. The molecule has 0 spiro atoms. The van der Waals surface area contributed by atoms with Crippen LogP contribution in [0.3, 0.4) is 0 Å².